The van der Waals surface area contributed by atoms with Crippen molar-refractivity contribution < 1.29 is 4.39 Å². The average molecular weight is 251 g/mol. The summed E-state index contributed by atoms with van der Waals surface area (Å²) in [5.74, 6) is -0.278. The zero-order valence-corrected chi connectivity index (χ0v) is 9.67. The minimum atomic E-state index is -0.278. The van der Waals surface area contributed by atoms with Crippen molar-refractivity contribution >= 4 is 24.0 Å². The van der Waals surface area contributed by atoms with Crippen LogP contribution in [0.4, 0.5) is 4.39 Å². The summed E-state index contributed by atoms with van der Waals surface area (Å²) < 4.78 is 13.1. The molecule has 15 heavy (non-hydrogen) atoms. The summed E-state index contributed by atoms with van der Waals surface area (Å²) in [6.07, 6.45) is 0. The predicted molar refractivity (Wildman–Crippen MR) is 62.3 cm³/mol. The molecule has 1 aromatic carbocycles. The van der Waals surface area contributed by atoms with Crippen molar-refractivity contribution in [3.8, 4) is 0 Å². The van der Waals surface area contributed by atoms with Gasteiger partial charge in [0.15, 0.2) is 0 Å². The Balaban J connectivity index is 0.00000112. The Labute approximate surface area is 99.6 Å². The molecule has 1 fully saturated rings. The second-order valence-electron chi connectivity index (χ2n) is 3.41. The zero-order valence-electron chi connectivity index (χ0n) is 8.09. The van der Waals surface area contributed by atoms with Crippen molar-refractivity contribution in [2.75, 3.05) is 19.6 Å². The standard InChI is InChI=1S/C10H12ClFN2.ClH/c11-8-3-7(4-9(12)5-8)10-6-13-1-2-14-10;/h3-5,10,13-14H,1-2,6H2;1H/t10-;/m0./s1. The summed E-state index contributed by atoms with van der Waals surface area (Å²) in [7, 11) is 0. The summed E-state index contributed by atoms with van der Waals surface area (Å²) in [5.41, 5.74) is 0.905. The quantitative estimate of drug-likeness (QED) is 0.799. The van der Waals surface area contributed by atoms with Crippen LogP contribution < -0.4 is 10.6 Å². The average Bonchev–Trinajstić information content (AvgIpc) is 2.18. The van der Waals surface area contributed by atoms with E-state index < -0.39 is 0 Å². The first kappa shape index (κ1) is 12.7. The molecule has 0 aromatic heterocycles. The van der Waals surface area contributed by atoms with E-state index in [4.69, 9.17) is 11.6 Å². The van der Waals surface area contributed by atoms with Gasteiger partial charge in [0.1, 0.15) is 5.82 Å². The molecule has 0 aliphatic carbocycles. The molecule has 0 saturated carbocycles. The Morgan fingerprint density at radius 1 is 1.27 bits per heavy atom. The number of nitrogens with one attached hydrogen (secondary N) is 2. The van der Waals surface area contributed by atoms with Crippen LogP contribution in [-0.4, -0.2) is 19.6 Å². The first-order valence-electron chi connectivity index (χ1n) is 4.66. The molecule has 2 rings (SSSR count). The molecule has 1 heterocycles. The molecule has 0 amide bonds. The summed E-state index contributed by atoms with van der Waals surface area (Å²) in [4.78, 5) is 0. The number of benzene rings is 1. The van der Waals surface area contributed by atoms with Crippen molar-refractivity contribution in [2.45, 2.75) is 6.04 Å². The highest BCUT2D eigenvalue weighted by molar-refractivity contribution is 6.30. The third kappa shape index (κ3) is 3.31. The lowest BCUT2D eigenvalue weighted by Crippen LogP contribution is -2.42. The fourth-order valence-electron chi connectivity index (χ4n) is 1.67. The van der Waals surface area contributed by atoms with E-state index >= 15 is 0 Å². The molecular weight excluding hydrogens is 238 g/mol. The Morgan fingerprint density at radius 3 is 2.67 bits per heavy atom. The predicted octanol–water partition coefficient (Wildman–Crippen LogP) is 2.13. The normalized spacial score (nSPS) is 20.8. The summed E-state index contributed by atoms with van der Waals surface area (Å²) in [5, 5.41) is 7.00. The Kier molecular flexibility index (Phi) is 4.80. The van der Waals surface area contributed by atoms with E-state index in [0.29, 0.717) is 5.02 Å². The first-order valence-corrected chi connectivity index (χ1v) is 5.03. The van der Waals surface area contributed by atoms with Crippen LogP contribution in [0.25, 0.3) is 0 Å². The highest BCUT2D eigenvalue weighted by Crippen LogP contribution is 2.20. The molecule has 0 bridgehead atoms. The molecule has 5 heteroatoms. The molecule has 84 valence electrons. The van der Waals surface area contributed by atoms with Crippen molar-refractivity contribution in [3.05, 3.63) is 34.6 Å². The van der Waals surface area contributed by atoms with E-state index in [1.165, 1.54) is 12.1 Å². The molecule has 0 unspecified atom stereocenters. The van der Waals surface area contributed by atoms with E-state index in [-0.39, 0.29) is 24.3 Å². The second-order valence-corrected chi connectivity index (χ2v) is 3.85. The van der Waals surface area contributed by atoms with E-state index in [9.17, 15) is 4.39 Å². The fraction of sp³-hybridized carbons (Fsp3) is 0.400. The highest BCUT2D eigenvalue weighted by atomic mass is 35.5. The molecule has 2 nitrogen and oxygen atoms in total. The van der Waals surface area contributed by atoms with Gasteiger partial charge in [-0.05, 0) is 23.8 Å². The molecule has 0 spiro atoms. The van der Waals surface area contributed by atoms with Gasteiger partial charge in [-0.25, -0.2) is 4.39 Å². The lowest BCUT2D eigenvalue weighted by molar-refractivity contribution is 0.428. The highest BCUT2D eigenvalue weighted by Gasteiger charge is 2.15. The van der Waals surface area contributed by atoms with E-state index in [1.807, 2.05) is 0 Å². The topological polar surface area (TPSA) is 24.1 Å². The van der Waals surface area contributed by atoms with Gasteiger partial charge in [-0.15, -0.1) is 12.4 Å². The number of rotatable bonds is 1. The number of piperazine rings is 1. The summed E-state index contributed by atoms with van der Waals surface area (Å²) in [6, 6.07) is 4.81. The maximum Gasteiger partial charge on any atom is 0.125 e. The van der Waals surface area contributed by atoms with Crippen LogP contribution >= 0.6 is 24.0 Å². The monoisotopic (exact) mass is 250 g/mol. The van der Waals surface area contributed by atoms with Gasteiger partial charge >= 0.3 is 0 Å². The molecule has 0 radical (unpaired) electrons. The lowest BCUT2D eigenvalue weighted by Gasteiger charge is -2.24. The van der Waals surface area contributed by atoms with Gasteiger partial charge in [-0.2, -0.15) is 0 Å². The van der Waals surface area contributed by atoms with Gasteiger partial charge in [-0.1, -0.05) is 11.6 Å². The molecule has 1 saturated heterocycles. The third-order valence-electron chi connectivity index (χ3n) is 2.33. The fourth-order valence-corrected chi connectivity index (χ4v) is 1.90. The maximum atomic E-state index is 13.1. The molecule has 1 aliphatic heterocycles. The number of hydrogen-bond donors (Lipinski definition) is 2. The van der Waals surface area contributed by atoms with Gasteiger partial charge in [-0.3, -0.25) is 0 Å². The van der Waals surface area contributed by atoms with Crippen molar-refractivity contribution in [3.63, 3.8) is 0 Å². The Hall–Kier alpha value is -0.350. The van der Waals surface area contributed by atoms with Gasteiger partial charge in [0.05, 0.1) is 0 Å². The van der Waals surface area contributed by atoms with Crippen LogP contribution in [-0.2, 0) is 0 Å². The largest absolute Gasteiger partial charge is 0.314 e. The zero-order chi connectivity index (χ0) is 9.97. The van der Waals surface area contributed by atoms with E-state index in [2.05, 4.69) is 10.6 Å². The summed E-state index contributed by atoms with van der Waals surface area (Å²) >= 11 is 5.78. The molecule has 2 N–H and O–H groups in total. The smallest absolute Gasteiger partial charge is 0.125 e. The Bertz CT molecular complexity index is 307. The first-order chi connectivity index (χ1) is 6.75. The van der Waals surface area contributed by atoms with Gasteiger partial charge < -0.3 is 10.6 Å². The maximum absolute atomic E-state index is 13.1. The molecule has 1 atom stereocenters. The second kappa shape index (κ2) is 5.66. The lowest BCUT2D eigenvalue weighted by atomic mass is 10.1. The summed E-state index contributed by atoms with van der Waals surface area (Å²) in [6.45, 7) is 2.68. The van der Waals surface area contributed by atoms with Crippen LogP contribution in [0.2, 0.25) is 5.02 Å². The molecule has 1 aromatic rings. The van der Waals surface area contributed by atoms with Gasteiger partial charge in [0, 0.05) is 30.7 Å². The van der Waals surface area contributed by atoms with Gasteiger partial charge in [0.2, 0.25) is 0 Å². The number of hydrogen-bond acceptors (Lipinski definition) is 2. The van der Waals surface area contributed by atoms with Crippen LogP contribution in [0.15, 0.2) is 18.2 Å². The molecular formula is C10H13Cl2FN2. The third-order valence-corrected chi connectivity index (χ3v) is 2.55. The SMILES string of the molecule is Cl.Fc1cc(Cl)cc([C@@H]2CNCCN2)c1. The number of halogens is 3. The van der Waals surface area contributed by atoms with E-state index in [0.717, 1.165) is 25.2 Å². The van der Waals surface area contributed by atoms with Crippen molar-refractivity contribution in [2.24, 2.45) is 0 Å². The minimum Gasteiger partial charge on any atom is -0.314 e. The molecule has 1 aliphatic rings. The van der Waals surface area contributed by atoms with Crippen molar-refractivity contribution in [1.82, 2.24) is 10.6 Å². The van der Waals surface area contributed by atoms with Gasteiger partial charge in [0.25, 0.3) is 0 Å². The van der Waals surface area contributed by atoms with Crippen LogP contribution in [0.5, 0.6) is 0 Å². The van der Waals surface area contributed by atoms with Crippen molar-refractivity contribution in [1.29, 1.82) is 0 Å². The minimum absolute atomic E-state index is 0. The Morgan fingerprint density at radius 2 is 2.07 bits per heavy atom. The van der Waals surface area contributed by atoms with Crippen LogP contribution in [0.3, 0.4) is 0 Å². The van der Waals surface area contributed by atoms with Crippen LogP contribution in [0, 0.1) is 5.82 Å². The van der Waals surface area contributed by atoms with Crippen LogP contribution in [0.1, 0.15) is 11.6 Å². The van der Waals surface area contributed by atoms with E-state index in [1.54, 1.807) is 6.07 Å².